The number of aliphatic imine (C=N–C) groups is 1. The van der Waals surface area contributed by atoms with Crippen LogP contribution in [-0.4, -0.2) is 18.7 Å². The molecule has 24 heavy (non-hydrogen) atoms. The zero-order chi connectivity index (χ0) is 18.7. The van der Waals surface area contributed by atoms with Crippen LogP contribution in [0.15, 0.2) is 51.3 Å². The largest absolute Gasteiger partial charge is 0.395 e. The SMILES string of the molecule is C\C=C/C(C)=C(C)\C(C)=C(CNC(=O)/C(N)=C/C)\N=C/C(C)CC. The smallest absolute Gasteiger partial charge is 0.267 e. The van der Waals surface area contributed by atoms with Crippen LogP contribution in [0.25, 0.3) is 0 Å². The minimum absolute atomic E-state index is 0.218. The first-order valence-electron chi connectivity index (χ1n) is 8.52. The van der Waals surface area contributed by atoms with Crippen molar-refractivity contribution in [2.24, 2.45) is 16.6 Å². The van der Waals surface area contributed by atoms with Gasteiger partial charge < -0.3 is 11.1 Å². The van der Waals surface area contributed by atoms with Gasteiger partial charge in [0.15, 0.2) is 0 Å². The van der Waals surface area contributed by atoms with Gasteiger partial charge in [-0.25, -0.2) is 0 Å². The average molecular weight is 332 g/mol. The van der Waals surface area contributed by atoms with E-state index in [-0.39, 0.29) is 11.6 Å². The number of carbonyl (C=O) groups is 1. The Morgan fingerprint density at radius 2 is 1.83 bits per heavy atom. The van der Waals surface area contributed by atoms with E-state index in [0.29, 0.717) is 12.5 Å². The lowest BCUT2D eigenvalue weighted by atomic mass is 10.0. The predicted octanol–water partition coefficient (Wildman–Crippen LogP) is 4.27. The van der Waals surface area contributed by atoms with Gasteiger partial charge in [-0.2, -0.15) is 0 Å². The van der Waals surface area contributed by atoms with Crippen LogP contribution in [-0.2, 0) is 4.79 Å². The molecule has 1 unspecified atom stereocenters. The minimum atomic E-state index is -0.270. The summed E-state index contributed by atoms with van der Waals surface area (Å²) in [6.07, 6.45) is 8.66. The van der Waals surface area contributed by atoms with Crippen LogP contribution < -0.4 is 11.1 Å². The lowest BCUT2D eigenvalue weighted by Crippen LogP contribution is -2.30. The fourth-order valence-electron chi connectivity index (χ4n) is 1.88. The molecule has 0 aliphatic carbocycles. The van der Waals surface area contributed by atoms with E-state index >= 15 is 0 Å². The molecule has 0 bridgehead atoms. The van der Waals surface area contributed by atoms with E-state index in [1.807, 2.05) is 26.1 Å². The third kappa shape index (κ3) is 7.44. The van der Waals surface area contributed by atoms with Crippen LogP contribution in [0.5, 0.6) is 0 Å². The van der Waals surface area contributed by atoms with Crippen molar-refractivity contribution in [3.8, 4) is 0 Å². The molecule has 0 radical (unpaired) electrons. The lowest BCUT2D eigenvalue weighted by Gasteiger charge is -2.13. The second kappa shape index (κ2) is 11.4. The van der Waals surface area contributed by atoms with Gasteiger partial charge in [-0.1, -0.05) is 32.1 Å². The number of allylic oxidation sites excluding steroid dienone is 6. The number of nitrogens with one attached hydrogen (secondary N) is 1. The molecule has 0 aromatic heterocycles. The molecular weight excluding hydrogens is 298 g/mol. The van der Waals surface area contributed by atoms with Crippen molar-refractivity contribution in [2.75, 3.05) is 6.54 Å². The molecule has 0 aromatic rings. The Bertz CT molecular complexity index is 578. The number of nitrogens with two attached hydrogens (primary N) is 1. The summed E-state index contributed by atoms with van der Waals surface area (Å²) in [4.78, 5) is 16.5. The van der Waals surface area contributed by atoms with Crippen LogP contribution in [0.4, 0.5) is 0 Å². The number of hydrogen-bond donors (Lipinski definition) is 2. The van der Waals surface area contributed by atoms with E-state index < -0.39 is 0 Å². The van der Waals surface area contributed by atoms with Gasteiger partial charge in [0, 0.05) is 6.21 Å². The summed E-state index contributed by atoms with van der Waals surface area (Å²) in [7, 11) is 0. The predicted molar refractivity (Wildman–Crippen MR) is 105 cm³/mol. The normalized spacial score (nSPS) is 16.2. The number of nitrogens with zero attached hydrogens (tertiary/aromatic N) is 1. The molecule has 0 spiro atoms. The molecular formula is C20H33N3O. The Labute approximate surface area is 147 Å². The molecule has 1 atom stereocenters. The molecule has 4 nitrogen and oxygen atoms in total. The molecule has 0 saturated carbocycles. The van der Waals surface area contributed by atoms with Crippen molar-refractivity contribution >= 4 is 12.1 Å². The highest BCUT2D eigenvalue weighted by Gasteiger charge is 2.09. The van der Waals surface area contributed by atoms with Gasteiger partial charge in [0.25, 0.3) is 5.91 Å². The number of rotatable bonds is 8. The maximum atomic E-state index is 11.9. The standard InChI is InChI=1S/C20H33N3O/c1-8-11-15(5)16(6)17(7)19(22-12-14(4)9-2)13-23-20(24)18(21)10-3/h8,10-12,14H,9,13,21H2,1-7H3,(H,23,24)/b11-8-,16-15-,18-10-,19-17+,22-12-. The summed E-state index contributed by atoms with van der Waals surface area (Å²) in [5, 5.41) is 2.84. The van der Waals surface area contributed by atoms with Crippen LogP contribution in [0, 0.1) is 5.92 Å². The molecule has 0 saturated heterocycles. The van der Waals surface area contributed by atoms with Gasteiger partial charge in [0.1, 0.15) is 0 Å². The van der Waals surface area contributed by atoms with Gasteiger partial charge >= 0.3 is 0 Å². The van der Waals surface area contributed by atoms with Gasteiger partial charge in [-0.3, -0.25) is 9.79 Å². The Hall–Kier alpha value is -2.10. The molecule has 0 aliphatic rings. The van der Waals surface area contributed by atoms with Gasteiger partial charge in [0.05, 0.1) is 17.9 Å². The minimum Gasteiger partial charge on any atom is -0.395 e. The van der Waals surface area contributed by atoms with Crippen molar-refractivity contribution in [3.05, 3.63) is 46.3 Å². The monoisotopic (exact) mass is 331 g/mol. The topological polar surface area (TPSA) is 67.5 Å². The highest BCUT2D eigenvalue weighted by molar-refractivity contribution is 5.92. The molecule has 0 fully saturated rings. The summed E-state index contributed by atoms with van der Waals surface area (Å²) in [6.45, 7) is 14.5. The van der Waals surface area contributed by atoms with Crippen LogP contribution in [0.3, 0.4) is 0 Å². The zero-order valence-electron chi connectivity index (χ0n) is 16.2. The third-order valence-electron chi connectivity index (χ3n) is 4.12. The maximum absolute atomic E-state index is 11.9. The Morgan fingerprint density at radius 3 is 2.33 bits per heavy atom. The van der Waals surface area contributed by atoms with E-state index in [4.69, 9.17) is 5.73 Å². The molecule has 0 rings (SSSR count). The summed E-state index contributed by atoms with van der Waals surface area (Å²) in [5.74, 6) is 0.123. The van der Waals surface area contributed by atoms with Crippen molar-refractivity contribution < 1.29 is 4.79 Å². The second-order valence-corrected chi connectivity index (χ2v) is 5.97. The number of amides is 1. The molecule has 4 heteroatoms. The summed E-state index contributed by atoms with van der Waals surface area (Å²) in [5.41, 5.74) is 10.1. The zero-order valence-corrected chi connectivity index (χ0v) is 16.2. The highest BCUT2D eigenvalue weighted by atomic mass is 16.1. The first-order valence-corrected chi connectivity index (χ1v) is 8.52. The van der Waals surface area contributed by atoms with E-state index in [9.17, 15) is 4.79 Å². The highest BCUT2D eigenvalue weighted by Crippen LogP contribution is 2.19. The fraction of sp³-hybridized carbons (Fsp3) is 0.500. The average Bonchev–Trinajstić information content (AvgIpc) is 2.59. The van der Waals surface area contributed by atoms with E-state index in [0.717, 1.165) is 23.3 Å². The van der Waals surface area contributed by atoms with Crippen molar-refractivity contribution in [3.63, 3.8) is 0 Å². The fourth-order valence-corrected chi connectivity index (χ4v) is 1.88. The number of hydrogen-bond acceptors (Lipinski definition) is 3. The Morgan fingerprint density at radius 1 is 1.21 bits per heavy atom. The van der Waals surface area contributed by atoms with Crippen molar-refractivity contribution in [2.45, 2.75) is 54.9 Å². The molecule has 0 aliphatic heterocycles. The summed E-state index contributed by atoms with van der Waals surface area (Å²) >= 11 is 0. The Balaban J connectivity index is 5.62. The molecule has 3 N–H and O–H groups in total. The summed E-state index contributed by atoms with van der Waals surface area (Å²) in [6, 6.07) is 0. The quantitative estimate of drug-likeness (QED) is 0.396. The lowest BCUT2D eigenvalue weighted by molar-refractivity contribution is -0.117. The van der Waals surface area contributed by atoms with E-state index in [1.54, 1.807) is 13.0 Å². The van der Waals surface area contributed by atoms with Crippen LogP contribution in [0.1, 0.15) is 54.9 Å². The first-order chi connectivity index (χ1) is 11.3. The molecule has 0 heterocycles. The van der Waals surface area contributed by atoms with Crippen LogP contribution >= 0.6 is 0 Å². The second-order valence-electron chi connectivity index (χ2n) is 5.97. The molecule has 1 amide bonds. The van der Waals surface area contributed by atoms with Gasteiger partial charge in [0.2, 0.25) is 0 Å². The van der Waals surface area contributed by atoms with Gasteiger partial charge in [-0.15, -0.1) is 0 Å². The Kier molecular flexibility index (Phi) is 10.4. The molecule has 0 aromatic carbocycles. The summed E-state index contributed by atoms with van der Waals surface area (Å²) < 4.78 is 0. The van der Waals surface area contributed by atoms with E-state index in [2.05, 4.69) is 44.1 Å². The van der Waals surface area contributed by atoms with Crippen molar-refractivity contribution in [1.82, 2.24) is 5.32 Å². The van der Waals surface area contributed by atoms with Gasteiger partial charge in [-0.05, 0) is 63.7 Å². The van der Waals surface area contributed by atoms with Crippen LogP contribution in [0.2, 0.25) is 0 Å². The number of carbonyl (C=O) groups excluding carboxylic acids is 1. The first kappa shape index (κ1) is 21.9. The van der Waals surface area contributed by atoms with E-state index in [1.165, 1.54) is 5.57 Å². The maximum Gasteiger partial charge on any atom is 0.267 e. The molecule has 134 valence electrons. The van der Waals surface area contributed by atoms with Crippen molar-refractivity contribution in [1.29, 1.82) is 0 Å². The third-order valence-corrected chi connectivity index (χ3v) is 4.12.